The molecule has 2 saturated carbocycles. The first-order valence-electron chi connectivity index (χ1n) is 6.62. The molecule has 3 heteroatoms. The minimum absolute atomic E-state index is 0.628. The Morgan fingerprint density at radius 2 is 2.06 bits per heavy atom. The van der Waals surface area contributed by atoms with Crippen molar-refractivity contribution >= 4 is 0 Å². The zero-order valence-corrected chi connectivity index (χ0v) is 9.81. The van der Waals surface area contributed by atoms with E-state index in [1.807, 2.05) is 6.33 Å². The molecule has 3 nitrogen and oxygen atoms in total. The molecule has 1 aromatic rings. The van der Waals surface area contributed by atoms with Crippen LogP contribution < -0.4 is 5.73 Å². The molecular weight excluding hydrogens is 198 g/mol. The Morgan fingerprint density at radius 3 is 2.75 bits per heavy atom. The molecule has 0 radical (unpaired) electrons. The van der Waals surface area contributed by atoms with Gasteiger partial charge in [-0.25, -0.2) is 4.98 Å². The second-order valence-electron chi connectivity index (χ2n) is 5.35. The fourth-order valence-electron chi connectivity index (χ4n) is 3.27. The average Bonchev–Trinajstić information content (AvgIpc) is 2.81. The van der Waals surface area contributed by atoms with E-state index in [1.165, 1.54) is 44.2 Å². The first-order chi connectivity index (χ1) is 7.90. The van der Waals surface area contributed by atoms with E-state index in [9.17, 15) is 0 Å². The molecule has 2 N–H and O–H groups in total. The summed E-state index contributed by atoms with van der Waals surface area (Å²) in [7, 11) is 0. The Hall–Kier alpha value is -0.830. The van der Waals surface area contributed by atoms with Crippen molar-refractivity contribution in [1.29, 1.82) is 0 Å². The third kappa shape index (κ3) is 1.58. The standard InChI is InChI=1S/C13H21N3/c14-7-11-5-2-6-12(11)16-9-15-8-13(16)10-3-1-4-10/h8-12H,1-7,14H2. The van der Waals surface area contributed by atoms with Gasteiger partial charge in [-0.05, 0) is 38.1 Å². The van der Waals surface area contributed by atoms with Gasteiger partial charge in [-0.2, -0.15) is 0 Å². The van der Waals surface area contributed by atoms with Crippen LogP contribution in [0.4, 0.5) is 0 Å². The van der Waals surface area contributed by atoms with Crippen molar-refractivity contribution in [2.24, 2.45) is 11.7 Å². The van der Waals surface area contributed by atoms with Gasteiger partial charge in [-0.15, -0.1) is 0 Å². The summed E-state index contributed by atoms with van der Waals surface area (Å²) in [5.41, 5.74) is 7.34. The van der Waals surface area contributed by atoms with Crippen LogP contribution in [0.2, 0.25) is 0 Å². The summed E-state index contributed by atoms with van der Waals surface area (Å²) >= 11 is 0. The van der Waals surface area contributed by atoms with Gasteiger partial charge < -0.3 is 10.3 Å². The molecule has 0 aromatic carbocycles. The number of nitrogens with two attached hydrogens (primary N) is 1. The molecule has 2 aliphatic carbocycles. The molecular formula is C13H21N3. The number of rotatable bonds is 3. The topological polar surface area (TPSA) is 43.8 Å². The fourth-order valence-corrected chi connectivity index (χ4v) is 3.27. The maximum atomic E-state index is 5.87. The van der Waals surface area contributed by atoms with Gasteiger partial charge in [0.15, 0.2) is 0 Å². The summed E-state index contributed by atoms with van der Waals surface area (Å²) in [6.45, 7) is 0.826. The van der Waals surface area contributed by atoms with Crippen LogP contribution in [0.3, 0.4) is 0 Å². The van der Waals surface area contributed by atoms with Crippen molar-refractivity contribution < 1.29 is 0 Å². The van der Waals surface area contributed by atoms with E-state index in [-0.39, 0.29) is 0 Å². The van der Waals surface area contributed by atoms with E-state index in [2.05, 4.69) is 15.7 Å². The third-order valence-electron chi connectivity index (χ3n) is 4.50. The van der Waals surface area contributed by atoms with Crippen molar-refractivity contribution in [2.75, 3.05) is 6.54 Å². The SMILES string of the molecule is NCC1CCCC1n1cncc1C1CCC1. The summed E-state index contributed by atoms with van der Waals surface area (Å²) in [6, 6.07) is 0.628. The highest BCUT2D eigenvalue weighted by atomic mass is 15.1. The van der Waals surface area contributed by atoms with Gasteiger partial charge in [0.2, 0.25) is 0 Å². The maximum Gasteiger partial charge on any atom is 0.0950 e. The number of imidazole rings is 1. The van der Waals surface area contributed by atoms with Crippen molar-refractivity contribution in [3.8, 4) is 0 Å². The van der Waals surface area contributed by atoms with Crippen LogP contribution in [0.5, 0.6) is 0 Å². The zero-order valence-electron chi connectivity index (χ0n) is 9.81. The quantitative estimate of drug-likeness (QED) is 0.848. The molecule has 0 amide bonds. The van der Waals surface area contributed by atoms with E-state index >= 15 is 0 Å². The van der Waals surface area contributed by atoms with Crippen molar-refractivity contribution in [2.45, 2.75) is 50.5 Å². The fraction of sp³-hybridized carbons (Fsp3) is 0.769. The molecule has 0 spiro atoms. The maximum absolute atomic E-state index is 5.87. The van der Waals surface area contributed by atoms with Gasteiger partial charge >= 0.3 is 0 Å². The van der Waals surface area contributed by atoms with E-state index in [4.69, 9.17) is 5.73 Å². The number of hydrogen-bond donors (Lipinski definition) is 1. The lowest BCUT2D eigenvalue weighted by Gasteiger charge is -2.30. The molecule has 0 bridgehead atoms. The number of nitrogens with zero attached hydrogens (tertiary/aromatic N) is 2. The van der Waals surface area contributed by atoms with Crippen molar-refractivity contribution in [3.63, 3.8) is 0 Å². The van der Waals surface area contributed by atoms with Crippen LogP contribution in [-0.2, 0) is 0 Å². The summed E-state index contributed by atoms with van der Waals surface area (Å²) in [4.78, 5) is 4.36. The molecule has 1 heterocycles. The molecule has 2 aliphatic rings. The summed E-state index contributed by atoms with van der Waals surface area (Å²) < 4.78 is 2.44. The summed E-state index contributed by atoms with van der Waals surface area (Å²) in [6.07, 6.45) is 12.1. The molecule has 1 aromatic heterocycles. The van der Waals surface area contributed by atoms with Gasteiger partial charge in [0.25, 0.3) is 0 Å². The predicted octanol–water partition coefficient (Wildman–Crippen LogP) is 2.45. The Morgan fingerprint density at radius 1 is 1.25 bits per heavy atom. The molecule has 3 rings (SSSR count). The Bertz CT molecular complexity index is 354. The second-order valence-corrected chi connectivity index (χ2v) is 5.35. The van der Waals surface area contributed by atoms with Gasteiger partial charge in [-0.1, -0.05) is 12.8 Å². The zero-order chi connectivity index (χ0) is 11.0. The van der Waals surface area contributed by atoms with Crippen molar-refractivity contribution in [3.05, 3.63) is 18.2 Å². The third-order valence-corrected chi connectivity index (χ3v) is 4.50. The van der Waals surface area contributed by atoms with E-state index in [0.717, 1.165) is 12.5 Å². The van der Waals surface area contributed by atoms with Crippen LogP contribution in [0.25, 0.3) is 0 Å². The summed E-state index contributed by atoms with van der Waals surface area (Å²) in [5.74, 6) is 1.45. The minimum Gasteiger partial charge on any atom is -0.331 e. The highest BCUT2D eigenvalue weighted by Gasteiger charge is 2.31. The lowest BCUT2D eigenvalue weighted by Crippen LogP contribution is -2.24. The summed E-state index contributed by atoms with van der Waals surface area (Å²) in [5, 5.41) is 0. The lowest BCUT2D eigenvalue weighted by atomic mass is 9.83. The smallest absolute Gasteiger partial charge is 0.0950 e. The van der Waals surface area contributed by atoms with E-state index < -0.39 is 0 Å². The van der Waals surface area contributed by atoms with Gasteiger partial charge in [0.1, 0.15) is 0 Å². The monoisotopic (exact) mass is 219 g/mol. The molecule has 16 heavy (non-hydrogen) atoms. The molecule has 0 saturated heterocycles. The van der Waals surface area contributed by atoms with Crippen molar-refractivity contribution in [1.82, 2.24) is 9.55 Å². The Kier molecular flexibility index (Phi) is 2.72. The van der Waals surface area contributed by atoms with Crippen LogP contribution in [0.15, 0.2) is 12.5 Å². The molecule has 2 unspecified atom stereocenters. The first kappa shape index (κ1) is 10.3. The predicted molar refractivity (Wildman–Crippen MR) is 64.3 cm³/mol. The highest BCUT2D eigenvalue weighted by molar-refractivity contribution is 5.11. The lowest BCUT2D eigenvalue weighted by molar-refractivity contribution is 0.340. The van der Waals surface area contributed by atoms with E-state index in [0.29, 0.717) is 12.0 Å². The van der Waals surface area contributed by atoms with Crippen LogP contribution in [0, 0.1) is 5.92 Å². The average molecular weight is 219 g/mol. The molecule has 2 atom stereocenters. The van der Waals surface area contributed by atoms with Gasteiger partial charge in [-0.3, -0.25) is 0 Å². The van der Waals surface area contributed by atoms with Gasteiger partial charge in [0.05, 0.1) is 6.33 Å². The van der Waals surface area contributed by atoms with Gasteiger partial charge in [0, 0.05) is 23.9 Å². The largest absolute Gasteiger partial charge is 0.331 e. The molecule has 88 valence electrons. The first-order valence-corrected chi connectivity index (χ1v) is 6.62. The second kappa shape index (κ2) is 4.21. The Balaban J connectivity index is 1.84. The van der Waals surface area contributed by atoms with Crippen LogP contribution >= 0.6 is 0 Å². The Labute approximate surface area is 97.0 Å². The normalized spacial score (nSPS) is 30.6. The number of aromatic nitrogens is 2. The molecule has 0 aliphatic heterocycles. The van der Waals surface area contributed by atoms with E-state index in [1.54, 1.807) is 0 Å². The minimum atomic E-state index is 0.628. The molecule has 2 fully saturated rings. The van der Waals surface area contributed by atoms with Crippen LogP contribution in [-0.4, -0.2) is 16.1 Å². The number of hydrogen-bond acceptors (Lipinski definition) is 2. The van der Waals surface area contributed by atoms with Crippen LogP contribution in [0.1, 0.15) is 56.2 Å². The highest BCUT2D eigenvalue weighted by Crippen LogP contribution is 2.41.